The summed E-state index contributed by atoms with van der Waals surface area (Å²) >= 11 is 0. The molecule has 0 saturated heterocycles. The molecule has 2 aromatic carbocycles. The molecule has 0 spiro atoms. The van der Waals surface area contributed by atoms with Crippen molar-refractivity contribution < 1.29 is 13.2 Å². The van der Waals surface area contributed by atoms with Crippen molar-refractivity contribution in [2.45, 2.75) is 50.0 Å². The summed E-state index contributed by atoms with van der Waals surface area (Å²) in [4.78, 5) is 0.368. The third-order valence-electron chi connectivity index (χ3n) is 4.86. The van der Waals surface area contributed by atoms with Gasteiger partial charge < -0.3 is 4.74 Å². The van der Waals surface area contributed by atoms with E-state index in [0.717, 1.165) is 42.2 Å². The van der Waals surface area contributed by atoms with Crippen LogP contribution in [0.1, 0.15) is 39.0 Å². The SMILES string of the molecule is CCOc1ccc2cc(S(=O)(=O)N(C)C3CCCCC3)ccc2c1. The van der Waals surface area contributed by atoms with Gasteiger partial charge in [0.2, 0.25) is 10.0 Å². The van der Waals surface area contributed by atoms with Crippen LogP contribution in [0.2, 0.25) is 0 Å². The van der Waals surface area contributed by atoms with Crippen LogP contribution < -0.4 is 4.74 Å². The van der Waals surface area contributed by atoms with Crippen LogP contribution in [0.25, 0.3) is 10.8 Å². The summed E-state index contributed by atoms with van der Waals surface area (Å²) in [6.07, 6.45) is 5.36. The molecule has 4 nitrogen and oxygen atoms in total. The van der Waals surface area contributed by atoms with E-state index in [1.54, 1.807) is 23.5 Å². The molecule has 5 heteroatoms. The van der Waals surface area contributed by atoms with Gasteiger partial charge in [0.1, 0.15) is 5.75 Å². The fraction of sp³-hybridized carbons (Fsp3) is 0.474. The van der Waals surface area contributed by atoms with E-state index in [2.05, 4.69) is 0 Å². The van der Waals surface area contributed by atoms with Crippen LogP contribution >= 0.6 is 0 Å². The van der Waals surface area contributed by atoms with E-state index in [1.807, 2.05) is 31.2 Å². The van der Waals surface area contributed by atoms with Gasteiger partial charge in [0.25, 0.3) is 0 Å². The zero-order valence-electron chi connectivity index (χ0n) is 14.4. The lowest BCUT2D eigenvalue weighted by Gasteiger charge is -2.30. The average Bonchev–Trinajstić information content (AvgIpc) is 2.61. The maximum atomic E-state index is 12.9. The van der Waals surface area contributed by atoms with Crippen molar-refractivity contribution in [2.24, 2.45) is 0 Å². The van der Waals surface area contributed by atoms with E-state index in [1.165, 1.54) is 6.42 Å². The number of hydrogen-bond acceptors (Lipinski definition) is 3. The normalized spacial score (nSPS) is 16.6. The summed E-state index contributed by atoms with van der Waals surface area (Å²) in [5.74, 6) is 0.805. The summed E-state index contributed by atoms with van der Waals surface area (Å²) in [5.41, 5.74) is 0. The maximum absolute atomic E-state index is 12.9. The van der Waals surface area contributed by atoms with E-state index in [9.17, 15) is 8.42 Å². The molecule has 130 valence electrons. The van der Waals surface area contributed by atoms with Gasteiger partial charge in [-0.3, -0.25) is 0 Å². The predicted octanol–water partition coefficient (Wildman–Crippen LogP) is 4.19. The highest BCUT2D eigenvalue weighted by atomic mass is 32.2. The number of sulfonamides is 1. The Morgan fingerprint density at radius 3 is 2.42 bits per heavy atom. The van der Waals surface area contributed by atoms with Crippen LogP contribution in [0.3, 0.4) is 0 Å². The van der Waals surface area contributed by atoms with Crippen LogP contribution in [0, 0.1) is 0 Å². The molecule has 3 rings (SSSR count). The maximum Gasteiger partial charge on any atom is 0.243 e. The first-order valence-corrected chi connectivity index (χ1v) is 10.1. The highest BCUT2D eigenvalue weighted by Crippen LogP contribution is 2.29. The van der Waals surface area contributed by atoms with Gasteiger partial charge in [0, 0.05) is 13.1 Å². The molecule has 1 fully saturated rings. The van der Waals surface area contributed by atoms with Gasteiger partial charge in [-0.15, -0.1) is 0 Å². The Hall–Kier alpha value is -1.59. The lowest BCUT2D eigenvalue weighted by atomic mass is 9.96. The quantitative estimate of drug-likeness (QED) is 0.815. The fourth-order valence-electron chi connectivity index (χ4n) is 3.43. The van der Waals surface area contributed by atoms with Crippen molar-refractivity contribution in [2.75, 3.05) is 13.7 Å². The van der Waals surface area contributed by atoms with Gasteiger partial charge in [0.05, 0.1) is 11.5 Å². The molecule has 0 atom stereocenters. The largest absolute Gasteiger partial charge is 0.494 e. The summed E-state index contributed by atoms with van der Waals surface area (Å²) in [5, 5.41) is 1.90. The Morgan fingerprint density at radius 2 is 1.71 bits per heavy atom. The zero-order chi connectivity index (χ0) is 17.2. The van der Waals surface area contributed by atoms with Crippen molar-refractivity contribution in [3.8, 4) is 5.75 Å². The second-order valence-electron chi connectivity index (χ2n) is 6.42. The molecule has 1 saturated carbocycles. The number of benzene rings is 2. The Labute approximate surface area is 144 Å². The zero-order valence-corrected chi connectivity index (χ0v) is 15.2. The molecule has 2 aromatic rings. The third kappa shape index (κ3) is 3.42. The van der Waals surface area contributed by atoms with E-state index < -0.39 is 10.0 Å². The fourth-order valence-corrected chi connectivity index (χ4v) is 4.88. The third-order valence-corrected chi connectivity index (χ3v) is 6.77. The average molecular weight is 347 g/mol. The Bertz CT molecular complexity index is 810. The Balaban J connectivity index is 1.91. The molecule has 0 heterocycles. The van der Waals surface area contributed by atoms with Crippen LogP contribution in [0.4, 0.5) is 0 Å². The van der Waals surface area contributed by atoms with Crippen LogP contribution in [0.15, 0.2) is 41.3 Å². The summed E-state index contributed by atoms with van der Waals surface area (Å²) in [7, 11) is -1.73. The van der Waals surface area contributed by atoms with Crippen molar-refractivity contribution in [1.82, 2.24) is 4.31 Å². The standard InChI is InChI=1S/C19H25NO3S/c1-3-23-18-11-9-16-14-19(12-10-15(16)13-18)24(21,22)20(2)17-7-5-4-6-8-17/h9-14,17H,3-8H2,1-2H3. The van der Waals surface area contributed by atoms with Gasteiger partial charge in [-0.1, -0.05) is 31.4 Å². The summed E-state index contributed by atoms with van der Waals surface area (Å²) in [6.45, 7) is 2.56. The van der Waals surface area contributed by atoms with Gasteiger partial charge in [-0.05, 0) is 54.8 Å². The minimum absolute atomic E-state index is 0.125. The summed E-state index contributed by atoms with van der Waals surface area (Å²) in [6, 6.07) is 11.2. The summed E-state index contributed by atoms with van der Waals surface area (Å²) < 4.78 is 33.0. The lowest BCUT2D eigenvalue weighted by Crippen LogP contribution is -2.38. The van der Waals surface area contributed by atoms with E-state index in [4.69, 9.17) is 4.74 Å². The van der Waals surface area contributed by atoms with E-state index >= 15 is 0 Å². The molecule has 0 unspecified atom stereocenters. The molecule has 0 amide bonds. The molecule has 1 aliphatic carbocycles. The monoisotopic (exact) mass is 347 g/mol. The van der Waals surface area contributed by atoms with Crippen LogP contribution in [-0.4, -0.2) is 32.4 Å². The highest BCUT2D eigenvalue weighted by molar-refractivity contribution is 7.89. The number of nitrogens with zero attached hydrogens (tertiary/aromatic N) is 1. The van der Waals surface area contributed by atoms with Crippen LogP contribution in [-0.2, 0) is 10.0 Å². The van der Waals surface area contributed by atoms with Crippen LogP contribution in [0.5, 0.6) is 5.75 Å². The molecule has 1 aliphatic rings. The molecule has 0 aromatic heterocycles. The van der Waals surface area contributed by atoms with Crippen molar-refractivity contribution in [3.63, 3.8) is 0 Å². The number of rotatable bonds is 5. The molecular formula is C19H25NO3S. The van der Waals surface area contributed by atoms with E-state index in [-0.39, 0.29) is 6.04 Å². The smallest absolute Gasteiger partial charge is 0.243 e. The number of fused-ring (bicyclic) bond motifs is 1. The first-order chi connectivity index (χ1) is 11.5. The van der Waals surface area contributed by atoms with Gasteiger partial charge in [-0.25, -0.2) is 8.42 Å². The first-order valence-electron chi connectivity index (χ1n) is 8.67. The Morgan fingerprint density at radius 1 is 1.04 bits per heavy atom. The van der Waals surface area contributed by atoms with Crippen molar-refractivity contribution >= 4 is 20.8 Å². The highest BCUT2D eigenvalue weighted by Gasteiger charge is 2.29. The molecule has 0 bridgehead atoms. The van der Waals surface area contributed by atoms with Crippen molar-refractivity contribution in [3.05, 3.63) is 36.4 Å². The second kappa shape index (κ2) is 7.11. The topological polar surface area (TPSA) is 46.6 Å². The molecular weight excluding hydrogens is 322 g/mol. The molecule has 24 heavy (non-hydrogen) atoms. The molecule has 0 radical (unpaired) electrons. The van der Waals surface area contributed by atoms with Crippen molar-refractivity contribution in [1.29, 1.82) is 0 Å². The van der Waals surface area contributed by atoms with Gasteiger partial charge in [0.15, 0.2) is 0 Å². The lowest BCUT2D eigenvalue weighted by molar-refractivity contribution is 0.286. The minimum atomic E-state index is -3.45. The number of hydrogen-bond donors (Lipinski definition) is 0. The second-order valence-corrected chi connectivity index (χ2v) is 8.41. The predicted molar refractivity (Wildman–Crippen MR) is 96.9 cm³/mol. The Kier molecular flexibility index (Phi) is 5.11. The van der Waals surface area contributed by atoms with Gasteiger partial charge >= 0.3 is 0 Å². The first kappa shape index (κ1) is 17.2. The number of ether oxygens (including phenoxy) is 1. The minimum Gasteiger partial charge on any atom is -0.494 e. The van der Waals surface area contributed by atoms with E-state index in [0.29, 0.717) is 11.5 Å². The van der Waals surface area contributed by atoms with Gasteiger partial charge in [-0.2, -0.15) is 4.31 Å². The molecule has 0 aliphatic heterocycles. The molecule has 0 N–H and O–H groups in total.